The summed E-state index contributed by atoms with van der Waals surface area (Å²) >= 11 is 2.85. The molecule has 15 rings (SSSR count). The van der Waals surface area contributed by atoms with Gasteiger partial charge in [0, 0.05) is 63.2 Å². The first-order chi connectivity index (χ1) is 56.8. The van der Waals surface area contributed by atoms with Crippen LogP contribution in [0.3, 0.4) is 0 Å². The number of phosphoric acid groups is 5. The average Bonchev–Trinajstić information content (AvgIpc) is 1.64. The molecule has 0 bridgehead atoms. The van der Waals surface area contributed by atoms with Gasteiger partial charge >= 0.3 is 56.2 Å². The Hall–Kier alpha value is -8.60. The Bertz CT molecular complexity index is 6010. The molecule has 5 unspecified atom stereocenters. The number of phosphoric ester groups is 5. The van der Waals surface area contributed by atoms with Crippen LogP contribution in [-0.4, -0.2) is 233 Å². The topological polar surface area (TPSA) is 789 Å². The van der Waals surface area contributed by atoms with Crippen LogP contribution in [0.15, 0.2) is 90.9 Å². The molecule has 0 amide bonds. The maximum Gasteiger partial charge on any atom is 0.472 e. The Balaban J connectivity index is 0.632. The van der Waals surface area contributed by atoms with Gasteiger partial charge in [0.2, 0.25) is 11.9 Å². The molecule has 6 aliphatic rings. The number of aromatic nitrogens is 18. The van der Waals surface area contributed by atoms with Crippen LogP contribution in [-0.2, 0) is 96.5 Å². The lowest BCUT2D eigenvalue weighted by Crippen LogP contribution is -2.36. The Kier molecular flexibility index (Phi) is 24.6. The molecule has 0 saturated carbocycles. The number of hydrogen-bond donors (Lipinski definition) is 14. The number of rotatable bonds is 32. The summed E-state index contributed by atoms with van der Waals surface area (Å²) in [5.74, 6) is -1.03. The second-order valence-corrected chi connectivity index (χ2v) is 35.1. The molecule has 650 valence electrons. The van der Waals surface area contributed by atoms with Gasteiger partial charge in [-0.1, -0.05) is 0 Å². The largest absolute Gasteiger partial charge is 0.472 e. The SMILES string of the molecule is Nc1ccn([C@H]2C[C@H](OP(=O)(O)OC[C@H]3O[C@@H](n4cnc5c(N)ncnc54)C[C@@H]3OP(=O)(O)OC[C@H]3O[C@@H](n4ccc(=O)n(Br)c4=O)C[C@@H]3OP(=O)(O)OC[C@H]3O[C@@H](n4cnc5c(=O)[nH]c(N)nc54)C[C@@H]3OP(=O)(O)OC[C@H]3O[C@@H](n4ccc(N)nc4=O)C[C@@H]3O)[C@@H](COP(=O)(O)O[C@H]3C[C@H](n4cnc5c(=O)[nH]c(N)nc54)O[C@@H]3CO)O2)c(=O)n1. The number of nitrogen functional groups attached to an aromatic ring is 5. The monoisotopic (exact) mass is 1860 g/mol. The summed E-state index contributed by atoms with van der Waals surface area (Å²) in [6.07, 6.45) is -21.8. The van der Waals surface area contributed by atoms with Gasteiger partial charge < -0.3 is 91.8 Å². The highest BCUT2D eigenvalue weighted by Crippen LogP contribution is 2.56. The minimum atomic E-state index is -5.63. The summed E-state index contributed by atoms with van der Waals surface area (Å²) in [6, 6.07) is 3.43. The summed E-state index contributed by atoms with van der Waals surface area (Å²) in [4.78, 5) is 175. The molecule has 0 aromatic carbocycles. The normalized spacial score (nSPS) is 29.7. The van der Waals surface area contributed by atoms with Crippen LogP contribution in [0.1, 0.15) is 75.9 Å². The molecule has 9 aromatic rings. The minimum Gasteiger partial charge on any atom is -0.394 e. The summed E-state index contributed by atoms with van der Waals surface area (Å²) in [7, 11) is -27.4. The second kappa shape index (κ2) is 34.3. The lowest BCUT2D eigenvalue weighted by atomic mass is 10.2. The number of anilines is 5. The van der Waals surface area contributed by atoms with E-state index in [1.165, 1.54) is 44.7 Å². The molecule has 63 heteroatoms. The number of imidazole rings is 3. The quantitative estimate of drug-likeness (QED) is 0.0191. The highest BCUT2D eigenvalue weighted by atomic mass is 79.9. The Morgan fingerprint density at radius 3 is 1.16 bits per heavy atom. The van der Waals surface area contributed by atoms with E-state index in [2.05, 4.69) is 71.0 Å². The van der Waals surface area contributed by atoms with Gasteiger partial charge in [-0.05, 0) is 12.1 Å². The van der Waals surface area contributed by atoms with E-state index in [1.807, 2.05) is 0 Å². The predicted octanol–water partition coefficient (Wildman–Crippen LogP) is -2.71. The van der Waals surface area contributed by atoms with Crippen molar-refractivity contribution in [2.75, 3.05) is 68.3 Å². The van der Waals surface area contributed by atoms with Crippen molar-refractivity contribution >= 4 is 118 Å². The number of nitrogens with one attached hydrogen (secondary N) is 2. The number of H-pyrrole nitrogens is 2. The van der Waals surface area contributed by atoms with E-state index in [0.717, 1.165) is 44.8 Å². The van der Waals surface area contributed by atoms with E-state index in [9.17, 15) is 86.3 Å². The number of aliphatic hydroxyl groups excluding tert-OH is 2. The highest BCUT2D eigenvalue weighted by Gasteiger charge is 2.52. The van der Waals surface area contributed by atoms with Gasteiger partial charge in [0.05, 0.1) is 80.9 Å². The molecule has 120 heavy (non-hydrogen) atoms. The third-order valence-electron chi connectivity index (χ3n) is 19.5. The molecule has 0 spiro atoms. The van der Waals surface area contributed by atoms with Crippen molar-refractivity contribution in [2.45, 2.75) is 149 Å². The zero-order valence-corrected chi connectivity index (χ0v) is 67.0. The number of hydrogen-bond acceptors (Lipinski definition) is 43. The molecular weight excluding hydrogens is 1790 g/mol. The van der Waals surface area contributed by atoms with Gasteiger partial charge in [0.25, 0.3) is 16.7 Å². The van der Waals surface area contributed by atoms with Gasteiger partial charge in [-0.15, -0.1) is 0 Å². The zero-order valence-electron chi connectivity index (χ0n) is 61.0. The molecule has 23 atom stereocenters. The van der Waals surface area contributed by atoms with Gasteiger partial charge in [-0.3, -0.25) is 97.0 Å². The maximum atomic E-state index is 14.5. The third-order valence-corrected chi connectivity index (χ3v) is 25.2. The number of nitrogens with zero attached hydrogens (tertiary/aromatic N) is 16. The summed E-state index contributed by atoms with van der Waals surface area (Å²) in [5.41, 5.74) is 23.3. The fourth-order valence-corrected chi connectivity index (χ4v) is 19.0. The lowest BCUT2D eigenvalue weighted by Gasteiger charge is -2.26. The Morgan fingerprint density at radius 2 is 0.758 bits per heavy atom. The number of aromatic amines is 2. The van der Waals surface area contributed by atoms with E-state index >= 15 is 0 Å². The van der Waals surface area contributed by atoms with Crippen LogP contribution < -0.4 is 62.4 Å². The number of halogens is 1. The smallest absolute Gasteiger partial charge is 0.394 e. The van der Waals surface area contributed by atoms with E-state index in [4.69, 9.17) is 102 Å². The van der Waals surface area contributed by atoms with E-state index < -0.39 is 249 Å². The van der Waals surface area contributed by atoms with Crippen LogP contribution in [0.5, 0.6) is 0 Å². The van der Waals surface area contributed by atoms with Crippen LogP contribution >= 0.6 is 55.3 Å². The van der Waals surface area contributed by atoms with Gasteiger partial charge in [-0.2, -0.15) is 23.5 Å². The van der Waals surface area contributed by atoms with Crippen molar-refractivity contribution in [3.8, 4) is 0 Å². The van der Waals surface area contributed by atoms with E-state index in [0.29, 0.717) is 3.59 Å². The molecular formula is C57H71BrN23O34P5. The Morgan fingerprint density at radius 1 is 0.425 bits per heavy atom. The van der Waals surface area contributed by atoms with Gasteiger partial charge in [-0.25, -0.2) is 62.1 Å². The molecule has 9 aromatic heterocycles. The number of fused-ring (bicyclic) bond motifs is 3. The van der Waals surface area contributed by atoms with Crippen molar-refractivity contribution in [2.24, 2.45) is 0 Å². The van der Waals surface area contributed by atoms with Crippen LogP contribution in [0.25, 0.3) is 33.5 Å². The fraction of sp³-hybridized carbons (Fsp3) is 0.526. The minimum absolute atomic E-state index is 0.0354. The average molecular weight is 1860 g/mol. The highest BCUT2D eigenvalue weighted by molar-refractivity contribution is 9.08. The van der Waals surface area contributed by atoms with Crippen LogP contribution in [0.2, 0.25) is 0 Å². The van der Waals surface area contributed by atoms with Gasteiger partial charge in [0.1, 0.15) is 128 Å². The van der Waals surface area contributed by atoms with Crippen molar-refractivity contribution < 1.29 is 131 Å². The van der Waals surface area contributed by atoms with Crippen molar-refractivity contribution in [1.29, 1.82) is 0 Å². The maximum absolute atomic E-state index is 14.5. The predicted molar refractivity (Wildman–Crippen MR) is 397 cm³/mol. The molecule has 6 fully saturated rings. The molecule has 19 N–H and O–H groups in total. The van der Waals surface area contributed by atoms with Crippen molar-refractivity contribution in [3.63, 3.8) is 0 Å². The zero-order chi connectivity index (χ0) is 85.4. The summed E-state index contributed by atoms with van der Waals surface area (Å²) < 4.78 is 169. The summed E-state index contributed by atoms with van der Waals surface area (Å²) in [5, 5.41) is 21.1. The number of ether oxygens (including phenoxy) is 6. The standard InChI is InChI=1S/C57H71BrN23O34P5/c58-81-37(84)3-6-77(57(81)89)40-10-26(113-119(96,97)104-18-34-28(12-43(110-34)80-22-68-46-50(80)72-54(63)74-52(46)86)114-116(90,91)100-14-30-23(83)7-38(106-30)75-4-1-35(59)69-55(75)87)32(108-40)16-102-120(98,99)115-27-11-41(78-20-66-44-47(61)64-19-65-48(44)78)109-33(27)17-103-118(94,95)112-25-9-39(76-5-2-36(60)70-56(76)88)107-31(25)15-101-117(92,93)111-24-8-42(105-29(24)13-82)79-21-67-45-49(79)71-53(62)73-51(45)85/h1-6,19-34,38-43,82-83H,7-18H2,(H,90,91)(H,92,93)(H,94,95)(H,96,97)(H,98,99)(H2,59,69,87)(H2,60,70,88)(H2,61,64,65)(H3,62,71,73,85)(H3,63,72,74,86)/t23-,24-,25-,26-,27-,28-,29+,30+,31+,32+,33+,34+,38+,39+,40+,41+,42+,43+/m0/s1. The Labute approximate surface area is 674 Å². The van der Waals surface area contributed by atoms with Crippen molar-refractivity contribution in [3.05, 3.63) is 125 Å². The van der Waals surface area contributed by atoms with Crippen LogP contribution in [0, 0.1) is 0 Å². The molecule has 6 aliphatic heterocycles. The van der Waals surface area contributed by atoms with Gasteiger partial charge in [0.15, 0.2) is 33.8 Å². The first kappa shape index (κ1) is 86.3. The van der Waals surface area contributed by atoms with E-state index in [1.54, 1.807) is 0 Å². The summed E-state index contributed by atoms with van der Waals surface area (Å²) in [6.45, 7) is -5.92. The molecule has 15 heterocycles. The second-order valence-electron chi connectivity index (χ2n) is 27.3. The lowest BCUT2D eigenvalue weighted by molar-refractivity contribution is -0.0648. The van der Waals surface area contributed by atoms with Crippen LogP contribution in [0.4, 0.5) is 29.4 Å². The number of aliphatic hydroxyl groups is 2. The van der Waals surface area contributed by atoms with E-state index in [-0.39, 0.29) is 75.7 Å². The number of nitrogens with two attached hydrogens (primary N) is 5. The molecule has 57 nitrogen and oxygen atoms in total. The molecule has 0 aliphatic carbocycles. The fourth-order valence-electron chi connectivity index (χ4n) is 13.9. The molecule has 0 radical (unpaired) electrons. The molecule has 6 saturated heterocycles. The third kappa shape index (κ3) is 19.0. The first-order valence-electron chi connectivity index (χ1n) is 35.4. The van der Waals surface area contributed by atoms with Crippen molar-refractivity contribution in [1.82, 2.24) is 85.8 Å². The first-order valence-corrected chi connectivity index (χ1v) is 43.6.